The van der Waals surface area contributed by atoms with E-state index in [-0.39, 0.29) is 11.1 Å². The van der Waals surface area contributed by atoms with Crippen LogP contribution >= 0.6 is 0 Å². The van der Waals surface area contributed by atoms with Gasteiger partial charge in [0.25, 0.3) is 0 Å². The van der Waals surface area contributed by atoms with Gasteiger partial charge in [-0.05, 0) is 106 Å². The molecule has 3 saturated heterocycles. The van der Waals surface area contributed by atoms with Crippen LogP contribution in [0.4, 0.5) is 14.6 Å². The van der Waals surface area contributed by atoms with Crippen LogP contribution in [0.1, 0.15) is 81.2 Å². The molecule has 0 radical (unpaired) electrons. The van der Waals surface area contributed by atoms with Crippen molar-refractivity contribution in [2.45, 2.75) is 83.1 Å². The lowest BCUT2D eigenvalue weighted by Crippen LogP contribution is -2.47. The van der Waals surface area contributed by atoms with Crippen molar-refractivity contribution in [3.05, 3.63) is 59.0 Å². The van der Waals surface area contributed by atoms with Gasteiger partial charge in [0.1, 0.15) is 28.5 Å². The maximum Gasteiger partial charge on any atom is 0.159 e. The molecule has 246 valence electrons. The molecule has 0 amide bonds. The average molecular weight is 645 g/mol. The van der Waals surface area contributed by atoms with Crippen LogP contribution in [0.5, 0.6) is 0 Å². The Morgan fingerprint density at radius 1 is 0.917 bits per heavy atom. The molecule has 48 heavy (non-hydrogen) atoms. The highest BCUT2D eigenvalue weighted by molar-refractivity contribution is 6.18. The Kier molecular flexibility index (Phi) is 6.85. The minimum absolute atomic E-state index is 0.131. The minimum atomic E-state index is -0.497. The van der Waals surface area contributed by atoms with E-state index in [0.717, 1.165) is 53.5 Å². The van der Waals surface area contributed by atoms with E-state index < -0.39 is 11.6 Å². The molecule has 2 aromatic heterocycles. The third-order valence-corrected chi connectivity index (χ3v) is 12.3. The molecule has 6 nitrogen and oxygen atoms in total. The van der Waals surface area contributed by atoms with E-state index in [4.69, 9.17) is 21.5 Å². The number of terminal acetylenes is 1. The number of aromatic nitrogens is 4. The molecule has 3 aromatic carbocycles. The van der Waals surface area contributed by atoms with E-state index >= 15 is 8.78 Å². The van der Waals surface area contributed by atoms with Gasteiger partial charge in [-0.15, -0.1) is 6.42 Å². The lowest BCUT2D eigenvalue weighted by Gasteiger charge is -2.49. The van der Waals surface area contributed by atoms with Gasteiger partial charge in [-0.25, -0.2) is 18.7 Å². The van der Waals surface area contributed by atoms with E-state index in [9.17, 15) is 0 Å². The van der Waals surface area contributed by atoms with Crippen molar-refractivity contribution in [1.82, 2.24) is 24.6 Å². The number of hydrogen-bond donors (Lipinski definition) is 0. The number of nitrogens with zero attached hydrogens (tertiary/aromatic N) is 6. The summed E-state index contributed by atoms with van der Waals surface area (Å²) in [6.45, 7) is 6.14. The summed E-state index contributed by atoms with van der Waals surface area (Å²) in [7, 11) is 1.86. The van der Waals surface area contributed by atoms with Crippen molar-refractivity contribution in [2.75, 3.05) is 31.1 Å². The summed E-state index contributed by atoms with van der Waals surface area (Å²) in [4.78, 5) is 15.5. The van der Waals surface area contributed by atoms with E-state index in [1.807, 2.05) is 32.3 Å². The predicted molar refractivity (Wildman–Crippen MR) is 188 cm³/mol. The van der Waals surface area contributed by atoms with Crippen LogP contribution in [0.2, 0.25) is 0 Å². The second-order valence-electron chi connectivity index (χ2n) is 15.2. The quantitative estimate of drug-likeness (QED) is 0.181. The van der Waals surface area contributed by atoms with Gasteiger partial charge < -0.3 is 4.90 Å². The second-order valence-corrected chi connectivity index (χ2v) is 15.2. The molecule has 0 bridgehead atoms. The first-order chi connectivity index (χ1) is 23.3. The largest absolute Gasteiger partial charge is 0.355 e. The van der Waals surface area contributed by atoms with Gasteiger partial charge in [0, 0.05) is 54.6 Å². The maximum atomic E-state index is 17.7. The van der Waals surface area contributed by atoms with Crippen LogP contribution in [-0.2, 0) is 13.5 Å². The second kappa shape index (κ2) is 11.0. The van der Waals surface area contributed by atoms with E-state index in [0.29, 0.717) is 45.2 Å². The van der Waals surface area contributed by atoms with Crippen molar-refractivity contribution in [3.8, 4) is 23.5 Å². The maximum absolute atomic E-state index is 17.7. The van der Waals surface area contributed by atoms with Crippen LogP contribution in [0, 0.1) is 36.3 Å². The van der Waals surface area contributed by atoms with Crippen molar-refractivity contribution in [3.63, 3.8) is 0 Å². The lowest BCUT2D eigenvalue weighted by atomic mass is 9.64. The van der Waals surface area contributed by atoms with Crippen LogP contribution in [0.3, 0.4) is 0 Å². The number of aryl methyl sites for hydroxylation is 3. The fraction of sp³-hybridized carbons (Fsp3) is 0.475. The van der Waals surface area contributed by atoms with Gasteiger partial charge in [0.05, 0.1) is 10.9 Å². The van der Waals surface area contributed by atoms with Crippen LogP contribution < -0.4 is 4.90 Å². The summed E-state index contributed by atoms with van der Waals surface area (Å²) in [6, 6.07) is 6.98. The standard InChI is InChI=1S/C40H42F2N6/c1-4-27-30(41)10-9-26-21-25(2)22-28(32(26)27)33-35(42)37-34(29-23-46(3)45-36(29)33)38(47-18-6-14-39(24-47)12-5-13-39)44-31(43-37)11-17-40-15-7-19-48(40)20-8-16-40/h1,9-10,21-23H,5-8,11-20,24H2,2-3H3. The number of fused-ring (bicyclic) bond motifs is 5. The average Bonchev–Trinajstić information content (AvgIpc) is 3.77. The highest BCUT2D eigenvalue weighted by Crippen LogP contribution is 2.50. The SMILES string of the molecule is C#Cc1c(F)ccc2cc(C)cc(-c3c(F)c4nc(CCC56CCCN5CCC6)nc(N5CCCC6(CCC6)C5)c4c4cn(C)nc34)c12. The monoisotopic (exact) mass is 644 g/mol. The van der Waals surface area contributed by atoms with E-state index in [1.165, 1.54) is 70.5 Å². The number of rotatable bonds is 5. The zero-order valence-corrected chi connectivity index (χ0v) is 28.0. The highest BCUT2D eigenvalue weighted by Gasteiger charge is 2.44. The summed E-state index contributed by atoms with van der Waals surface area (Å²) in [5, 5.41) is 7.67. The smallest absolute Gasteiger partial charge is 0.159 e. The number of piperidine rings is 1. The van der Waals surface area contributed by atoms with Gasteiger partial charge in [-0.3, -0.25) is 9.58 Å². The fourth-order valence-electron chi connectivity index (χ4n) is 9.95. The molecule has 9 rings (SSSR count). The van der Waals surface area contributed by atoms with Crippen LogP contribution in [-0.4, -0.2) is 56.4 Å². The van der Waals surface area contributed by atoms with Crippen molar-refractivity contribution in [1.29, 1.82) is 0 Å². The number of anilines is 1. The molecular weight excluding hydrogens is 602 g/mol. The topological polar surface area (TPSA) is 50.1 Å². The summed E-state index contributed by atoms with van der Waals surface area (Å²) in [6.07, 6.45) is 20.6. The molecule has 3 aliphatic heterocycles. The Balaban J connectivity index is 1.30. The van der Waals surface area contributed by atoms with Gasteiger partial charge in [-0.1, -0.05) is 30.5 Å². The minimum Gasteiger partial charge on any atom is -0.355 e. The number of hydrogen-bond acceptors (Lipinski definition) is 5. The van der Waals surface area contributed by atoms with E-state index in [1.54, 1.807) is 10.7 Å². The molecule has 1 spiro atoms. The highest BCUT2D eigenvalue weighted by atomic mass is 19.1. The third-order valence-electron chi connectivity index (χ3n) is 12.3. The zero-order valence-electron chi connectivity index (χ0n) is 28.0. The van der Waals surface area contributed by atoms with Crippen molar-refractivity contribution in [2.24, 2.45) is 12.5 Å². The molecule has 5 aromatic rings. The number of halogens is 2. The molecule has 1 saturated carbocycles. The molecule has 1 aliphatic carbocycles. The van der Waals surface area contributed by atoms with Crippen molar-refractivity contribution >= 4 is 38.4 Å². The first-order valence-electron chi connectivity index (χ1n) is 17.8. The summed E-state index contributed by atoms with van der Waals surface area (Å²) in [5.41, 5.74) is 3.29. The van der Waals surface area contributed by atoms with Gasteiger partial charge in [-0.2, -0.15) is 5.10 Å². The van der Waals surface area contributed by atoms with E-state index in [2.05, 4.69) is 15.7 Å². The third kappa shape index (κ3) is 4.50. The summed E-state index contributed by atoms with van der Waals surface area (Å²) < 4.78 is 34.6. The van der Waals surface area contributed by atoms with Gasteiger partial charge in [0.15, 0.2) is 5.82 Å². The Labute approximate surface area is 280 Å². The molecule has 4 aliphatic rings. The molecule has 8 heteroatoms. The molecular formula is C40H42F2N6. The predicted octanol–water partition coefficient (Wildman–Crippen LogP) is 8.24. The Morgan fingerprint density at radius 3 is 2.44 bits per heavy atom. The molecule has 4 fully saturated rings. The molecule has 0 atom stereocenters. The number of benzene rings is 3. The Bertz CT molecular complexity index is 2160. The van der Waals surface area contributed by atoms with Crippen LogP contribution in [0.25, 0.3) is 43.7 Å². The van der Waals surface area contributed by atoms with Gasteiger partial charge in [0.2, 0.25) is 0 Å². The molecule has 5 heterocycles. The Hall–Kier alpha value is -4.09. The summed E-state index contributed by atoms with van der Waals surface area (Å²) in [5.74, 6) is 3.15. The molecule has 0 unspecified atom stereocenters. The molecule has 0 N–H and O–H groups in total. The normalized spacial score (nSPS) is 20.2. The first-order valence-corrected chi connectivity index (χ1v) is 17.8. The fourth-order valence-corrected chi connectivity index (χ4v) is 9.95. The zero-order chi connectivity index (χ0) is 32.8. The van der Waals surface area contributed by atoms with Crippen molar-refractivity contribution < 1.29 is 8.78 Å². The van der Waals surface area contributed by atoms with Crippen LogP contribution in [0.15, 0.2) is 30.5 Å². The summed E-state index contributed by atoms with van der Waals surface area (Å²) >= 11 is 0. The lowest BCUT2D eigenvalue weighted by molar-refractivity contribution is 0.107. The van der Waals surface area contributed by atoms with Gasteiger partial charge >= 0.3 is 0 Å². The first kappa shape index (κ1) is 30.0. The Morgan fingerprint density at radius 2 is 1.69 bits per heavy atom.